The third-order valence-electron chi connectivity index (χ3n) is 3.39. The second-order valence-electron chi connectivity index (χ2n) is 5.41. The molecule has 1 heterocycles. The molecule has 1 aliphatic carbocycles. The van der Waals surface area contributed by atoms with Crippen LogP contribution in [0.4, 0.5) is 0 Å². The average Bonchev–Trinajstić information content (AvgIpc) is 3.16. The lowest BCUT2D eigenvalue weighted by atomic mass is 10.2. The summed E-state index contributed by atoms with van der Waals surface area (Å²) in [6, 6.07) is 3.62. The molecule has 0 bridgehead atoms. The summed E-state index contributed by atoms with van der Waals surface area (Å²) >= 11 is 0. The first-order valence-electron chi connectivity index (χ1n) is 7.19. The molecule has 0 spiro atoms. The molecule has 110 valence electrons. The molecule has 5 heteroatoms. The van der Waals surface area contributed by atoms with Crippen molar-refractivity contribution in [3.05, 3.63) is 23.7 Å². The van der Waals surface area contributed by atoms with E-state index in [2.05, 4.69) is 10.6 Å². The Bertz CT molecular complexity index is 477. The highest BCUT2D eigenvalue weighted by Crippen LogP contribution is 2.28. The minimum absolute atomic E-state index is 0.0211. The lowest BCUT2D eigenvalue weighted by Crippen LogP contribution is -2.29. The predicted molar refractivity (Wildman–Crippen MR) is 75.0 cm³/mol. The molecule has 0 radical (unpaired) electrons. The molecule has 1 aromatic heterocycles. The second-order valence-corrected chi connectivity index (χ2v) is 5.41. The zero-order chi connectivity index (χ0) is 14.5. The normalized spacial score (nSPS) is 15.7. The molecule has 5 nitrogen and oxygen atoms in total. The van der Waals surface area contributed by atoms with Gasteiger partial charge in [-0.25, -0.2) is 0 Å². The van der Waals surface area contributed by atoms with Crippen LogP contribution in [0.15, 0.2) is 16.5 Å². The number of hydrogen-bond acceptors (Lipinski definition) is 3. The highest BCUT2D eigenvalue weighted by Gasteiger charge is 2.28. The zero-order valence-electron chi connectivity index (χ0n) is 12.1. The third-order valence-corrected chi connectivity index (χ3v) is 3.39. The largest absolute Gasteiger partial charge is 0.464 e. The average molecular weight is 278 g/mol. The highest BCUT2D eigenvalue weighted by molar-refractivity contribution is 5.81. The molecule has 1 unspecified atom stereocenters. The number of amides is 2. The van der Waals surface area contributed by atoms with Gasteiger partial charge in [-0.2, -0.15) is 0 Å². The molecule has 2 rings (SSSR count). The lowest BCUT2D eigenvalue weighted by Gasteiger charge is -2.11. The third kappa shape index (κ3) is 4.40. The van der Waals surface area contributed by atoms with E-state index < -0.39 is 0 Å². The molecule has 0 aromatic carbocycles. The van der Waals surface area contributed by atoms with Crippen LogP contribution >= 0.6 is 0 Å². The molecular formula is C15H22N2O3. The summed E-state index contributed by atoms with van der Waals surface area (Å²) in [6.07, 6.45) is 3.09. The lowest BCUT2D eigenvalue weighted by molar-refractivity contribution is -0.123. The Morgan fingerprint density at radius 2 is 2.15 bits per heavy atom. The quantitative estimate of drug-likeness (QED) is 0.750. The first kappa shape index (κ1) is 14.6. The maximum Gasteiger partial charge on any atom is 0.223 e. The predicted octanol–water partition coefficient (Wildman–Crippen LogP) is 2.07. The first-order valence-corrected chi connectivity index (χ1v) is 7.19. The number of furan rings is 1. The fourth-order valence-electron chi connectivity index (χ4n) is 2.02. The number of rotatable bonds is 7. The second kappa shape index (κ2) is 6.59. The van der Waals surface area contributed by atoms with E-state index in [-0.39, 0.29) is 23.8 Å². The maximum absolute atomic E-state index is 11.8. The molecule has 1 aliphatic rings. The molecular weight excluding hydrogens is 256 g/mol. The Balaban J connectivity index is 1.61. The van der Waals surface area contributed by atoms with Crippen LogP contribution in [0.2, 0.25) is 0 Å². The van der Waals surface area contributed by atoms with Gasteiger partial charge in [-0.1, -0.05) is 0 Å². The van der Waals surface area contributed by atoms with Crippen LogP contribution in [-0.4, -0.2) is 18.4 Å². The fraction of sp³-hybridized carbons (Fsp3) is 0.600. The molecule has 1 aromatic rings. The van der Waals surface area contributed by atoms with Crippen molar-refractivity contribution in [3.63, 3.8) is 0 Å². The summed E-state index contributed by atoms with van der Waals surface area (Å²) in [4.78, 5) is 23.2. The Morgan fingerprint density at radius 3 is 2.75 bits per heavy atom. The van der Waals surface area contributed by atoms with Gasteiger partial charge in [0.05, 0.1) is 6.04 Å². The van der Waals surface area contributed by atoms with E-state index in [4.69, 9.17) is 4.42 Å². The monoisotopic (exact) mass is 278 g/mol. The molecule has 0 saturated heterocycles. The summed E-state index contributed by atoms with van der Waals surface area (Å²) in [6.45, 7) is 4.34. The molecule has 2 N–H and O–H groups in total. The van der Waals surface area contributed by atoms with Gasteiger partial charge in [0.2, 0.25) is 11.8 Å². The van der Waals surface area contributed by atoms with Crippen LogP contribution in [0.3, 0.4) is 0 Å². The van der Waals surface area contributed by atoms with Gasteiger partial charge >= 0.3 is 0 Å². The number of carbonyl (C=O) groups is 2. The molecule has 0 aliphatic heterocycles. The van der Waals surface area contributed by atoms with Gasteiger partial charge in [-0.05, 0) is 45.2 Å². The van der Waals surface area contributed by atoms with E-state index in [0.29, 0.717) is 19.4 Å². The van der Waals surface area contributed by atoms with E-state index in [9.17, 15) is 9.59 Å². The van der Waals surface area contributed by atoms with E-state index in [1.165, 1.54) is 0 Å². The summed E-state index contributed by atoms with van der Waals surface area (Å²) in [5.74, 6) is 1.94. The van der Waals surface area contributed by atoms with Crippen molar-refractivity contribution in [1.29, 1.82) is 0 Å². The number of nitrogens with one attached hydrogen (secondary N) is 2. The molecule has 1 atom stereocenters. The van der Waals surface area contributed by atoms with E-state index in [1.807, 2.05) is 26.0 Å². The maximum atomic E-state index is 11.8. The van der Waals surface area contributed by atoms with Crippen molar-refractivity contribution in [2.75, 3.05) is 6.54 Å². The summed E-state index contributed by atoms with van der Waals surface area (Å²) in [5, 5.41) is 5.74. The zero-order valence-corrected chi connectivity index (χ0v) is 12.1. The summed E-state index contributed by atoms with van der Waals surface area (Å²) < 4.78 is 5.46. The smallest absolute Gasteiger partial charge is 0.223 e. The molecule has 1 fully saturated rings. The molecule has 2 amide bonds. The van der Waals surface area contributed by atoms with Gasteiger partial charge in [-0.15, -0.1) is 0 Å². The van der Waals surface area contributed by atoms with E-state index >= 15 is 0 Å². The van der Waals surface area contributed by atoms with Gasteiger partial charge in [0.15, 0.2) is 0 Å². The van der Waals surface area contributed by atoms with Crippen molar-refractivity contribution in [3.8, 4) is 0 Å². The minimum atomic E-state index is -0.128. The van der Waals surface area contributed by atoms with E-state index in [1.54, 1.807) is 0 Å². The van der Waals surface area contributed by atoms with Crippen molar-refractivity contribution < 1.29 is 14.0 Å². The SMILES string of the molecule is Cc1ccc(C(C)NC(=O)CCCNC(=O)C2CC2)o1. The molecule has 1 saturated carbocycles. The Hall–Kier alpha value is -1.78. The van der Waals surface area contributed by atoms with Gasteiger partial charge in [0, 0.05) is 18.9 Å². The van der Waals surface area contributed by atoms with Gasteiger partial charge in [0.1, 0.15) is 11.5 Å². The minimum Gasteiger partial charge on any atom is -0.464 e. The van der Waals surface area contributed by atoms with Crippen LogP contribution in [-0.2, 0) is 9.59 Å². The van der Waals surface area contributed by atoms with Crippen molar-refractivity contribution in [1.82, 2.24) is 10.6 Å². The standard InChI is InChI=1S/C15H22N2O3/c1-10-5-8-13(20-10)11(2)17-14(18)4-3-9-16-15(19)12-6-7-12/h5,8,11-12H,3-4,6-7,9H2,1-2H3,(H,16,19)(H,17,18). The van der Waals surface area contributed by atoms with Gasteiger partial charge in [0.25, 0.3) is 0 Å². The van der Waals surface area contributed by atoms with Crippen LogP contribution in [0, 0.1) is 12.8 Å². The van der Waals surface area contributed by atoms with Crippen molar-refractivity contribution >= 4 is 11.8 Å². The molecule has 20 heavy (non-hydrogen) atoms. The summed E-state index contributed by atoms with van der Waals surface area (Å²) in [7, 11) is 0. The number of carbonyl (C=O) groups excluding carboxylic acids is 2. The van der Waals surface area contributed by atoms with Crippen molar-refractivity contribution in [2.45, 2.75) is 45.6 Å². The van der Waals surface area contributed by atoms with Gasteiger partial charge in [-0.3, -0.25) is 9.59 Å². The highest BCUT2D eigenvalue weighted by atomic mass is 16.3. The van der Waals surface area contributed by atoms with Crippen LogP contribution in [0.5, 0.6) is 0 Å². The Labute approximate surface area is 119 Å². The first-order chi connectivity index (χ1) is 9.56. The van der Waals surface area contributed by atoms with Crippen molar-refractivity contribution in [2.24, 2.45) is 5.92 Å². The van der Waals surface area contributed by atoms with Crippen LogP contribution in [0.1, 0.15) is 50.2 Å². The number of hydrogen-bond donors (Lipinski definition) is 2. The Kier molecular flexibility index (Phi) is 4.82. The fourth-order valence-corrected chi connectivity index (χ4v) is 2.02. The van der Waals surface area contributed by atoms with Crippen LogP contribution in [0.25, 0.3) is 0 Å². The Morgan fingerprint density at radius 1 is 1.40 bits per heavy atom. The van der Waals surface area contributed by atoms with Gasteiger partial charge < -0.3 is 15.1 Å². The van der Waals surface area contributed by atoms with Crippen LogP contribution < -0.4 is 10.6 Å². The summed E-state index contributed by atoms with van der Waals surface area (Å²) in [5.41, 5.74) is 0. The number of aryl methyl sites for hydroxylation is 1. The topological polar surface area (TPSA) is 71.3 Å². The van der Waals surface area contributed by atoms with E-state index in [0.717, 1.165) is 24.4 Å².